The van der Waals surface area contributed by atoms with E-state index in [1.807, 2.05) is 192 Å². The number of methoxy groups -OCH3 is 3. The second-order valence-corrected chi connectivity index (χ2v) is 29.6. The molecule has 0 amide bonds. The molecule has 0 spiro atoms. The van der Waals surface area contributed by atoms with Gasteiger partial charge < -0.3 is 73.8 Å². The van der Waals surface area contributed by atoms with Crippen LogP contribution in [0.1, 0.15) is 79.0 Å². The smallest absolute Gasteiger partial charge is 0.174 e. The fraction of sp³-hybridized carbons (Fsp3) is 0.361. The SMILES string of the molecule is COc1cncc2c1[C@]1(O)[C@@H](CN(C)C)[C@H](CO)[C@@H](c3ccccc3)[C@]1(c1ccc(Br)cc1)O2.COc1cncc2c1[C@]1(O)[C@@H](CN(C)C)[C@H](CO)[C@@H](c3ccccc3)[C@]1(c1ccc(C#N)cc1)O2.COc1cncc2c1[C@]1(O)[C@@H](CN(C)C)[C@H](CO)[C@@H](c3ccccc3)[C@]1(c1ccc(C#N)cc1)O2. The van der Waals surface area contributed by atoms with E-state index < -0.39 is 57.3 Å². The van der Waals surface area contributed by atoms with Crippen LogP contribution >= 0.6 is 15.9 Å². The lowest BCUT2D eigenvalue weighted by atomic mass is 9.69. The maximum Gasteiger partial charge on any atom is 0.174 e. The lowest BCUT2D eigenvalue weighted by Crippen LogP contribution is -2.52. The van der Waals surface area contributed by atoms with Gasteiger partial charge in [-0.25, -0.2) is 0 Å². The minimum absolute atomic E-state index is 0.0925. The van der Waals surface area contributed by atoms with Gasteiger partial charge in [-0.05, 0) is 112 Å². The fourth-order valence-corrected chi connectivity index (χ4v) is 19.2. The molecule has 3 aliphatic carbocycles. The second-order valence-electron chi connectivity index (χ2n) is 28.7. The predicted octanol–water partition coefficient (Wildman–Crippen LogP) is 9.95. The predicted molar refractivity (Wildman–Crippen MR) is 393 cm³/mol. The largest absolute Gasteiger partial charge is 0.495 e. The van der Waals surface area contributed by atoms with Crippen molar-refractivity contribution >= 4 is 15.9 Å². The Hall–Kier alpha value is -9.33. The highest BCUT2D eigenvalue weighted by atomic mass is 79.9. The van der Waals surface area contributed by atoms with Gasteiger partial charge in [0.15, 0.2) is 16.8 Å². The standard InChI is InChI=1S/2C28H29N3O4.C27H29BrN2O4/c2*1-31(2)16-22-21(17-32)25(19-7-5-4-6-8-19)28(20-11-9-18(13-29)10-12-20)27(22,33)26-23(34-3)14-30-15-24(26)35-28;1-30(2)15-21-20(16-31)24(17-7-5-4-6-8-17)27(18-9-11-19(28)12-10-18)26(21,32)25-22(33-3)13-29-14-23(25)34-27/h2*4-12,14-15,21-22,25,32-33H,16-17H2,1-3H3;4-14,20-21,24,31-32H,15-16H2,1-3H3/t2*21-,22-,25+,27+,28-;20-,21-,24+,26+,27-/m000/s1. The van der Waals surface area contributed by atoms with Crippen molar-refractivity contribution in [2.45, 2.75) is 51.4 Å². The quantitative estimate of drug-likeness (QED) is 0.0466. The van der Waals surface area contributed by atoms with E-state index in [1.54, 1.807) is 82.8 Å². The number of fused-ring (bicyclic) bond motifs is 9. The zero-order chi connectivity index (χ0) is 73.7. The molecule has 104 heavy (non-hydrogen) atoms. The molecule has 0 unspecified atom stereocenters. The Kier molecular flexibility index (Phi) is 20.3. The van der Waals surface area contributed by atoms with Crippen LogP contribution in [0.3, 0.4) is 0 Å². The highest BCUT2D eigenvalue weighted by molar-refractivity contribution is 9.10. The highest BCUT2D eigenvalue weighted by Gasteiger charge is 2.79. The fourth-order valence-electron chi connectivity index (χ4n) is 19.0. The molecular weight excluding hydrogens is 1380 g/mol. The van der Waals surface area contributed by atoms with E-state index in [9.17, 15) is 41.2 Å². The summed E-state index contributed by atoms with van der Waals surface area (Å²) in [6.07, 6.45) is 9.67. The highest BCUT2D eigenvalue weighted by Crippen LogP contribution is 2.75. The van der Waals surface area contributed by atoms with Gasteiger partial charge in [-0.3, -0.25) is 15.0 Å². The summed E-state index contributed by atoms with van der Waals surface area (Å²) in [6, 6.07) is 56.4. The Morgan fingerprint density at radius 3 is 0.894 bits per heavy atom. The summed E-state index contributed by atoms with van der Waals surface area (Å²) in [6.45, 7) is 1.21. The van der Waals surface area contributed by atoms with Crippen molar-refractivity contribution in [2.75, 3.05) is 103 Å². The van der Waals surface area contributed by atoms with E-state index >= 15 is 0 Å². The Morgan fingerprint density at radius 2 is 0.663 bits per heavy atom. The number of aliphatic hydroxyl groups excluding tert-OH is 3. The van der Waals surface area contributed by atoms with Crippen LogP contribution < -0.4 is 28.4 Å². The first kappa shape index (κ1) is 73.0. The molecule has 20 nitrogen and oxygen atoms in total. The third-order valence-corrected chi connectivity index (χ3v) is 23.2. The number of halogens is 1. The first-order valence-corrected chi connectivity index (χ1v) is 35.5. The summed E-state index contributed by atoms with van der Waals surface area (Å²) in [5, 5.41) is 90.3. The van der Waals surface area contributed by atoms with Crippen LogP contribution in [0.15, 0.2) is 205 Å². The van der Waals surface area contributed by atoms with Gasteiger partial charge in [-0.1, -0.05) is 143 Å². The lowest BCUT2D eigenvalue weighted by molar-refractivity contribution is -0.131. The molecule has 3 fully saturated rings. The molecule has 3 aromatic heterocycles. The molecule has 3 saturated carbocycles. The van der Waals surface area contributed by atoms with Crippen molar-refractivity contribution in [3.8, 4) is 46.6 Å². The minimum atomic E-state index is -1.55. The molecule has 15 atom stereocenters. The van der Waals surface area contributed by atoms with Crippen molar-refractivity contribution in [3.05, 3.63) is 267 Å². The van der Waals surface area contributed by atoms with Crippen molar-refractivity contribution in [1.29, 1.82) is 10.5 Å². The monoisotopic (exact) mass is 1470 g/mol. The van der Waals surface area contributed by atoms with Crippen LogP contribution in [0, 0.1) is 58.2 Å². The summed E-state index contributed by atoms with van der Waals surface area (Å²) in [5.41, 5.74) is -0.429. The van der Waals surface area contributed by atoms with E-state index in [2.05, 4.69) is 47.9 Å². The number of pyridine rings is 3. The maximum atomic E-state index is 13.0. The Labute approximate surface area is 615 Å². The average Bonchev–Trinajstić information content (AvgIpc) is 1.53. The number of aliphatic hydroxyl groups is 6. The van der Waals surface area contributed by atoms with E-state index in [0.29, 0.717) is 81.9 Å². The summed E-state index contributed by atoms with van der Waals surface area (Å²) in [4.78, 5) is 19.0. The van der Waals surface area contributed by atoms with Crippen molar-refractivity contribution in [1.82, 2.24) is 29.7 Å². The molecule has 6 aromatic carbocycles. The molecule has 0 bridgehead atoms. The van der Waals surface area contributed by atoms with Crippen molar-refractivity contribution < 1.29 is 59.1 Å². The first-order valence-electron chi connectivity index (χ1n) is 34.7. The Morgan fingerprint density at radius 1 is 0.404 bits per heavy atom. The normalized spacial score (nSPS) is 29.0. The van der Waals surface area contributed by atoms with E-state index in [0.717, 1.165) is 37.9 Å². The van der Waals surface area contributed by atoms with Gasteiger partial charge in [-0.15, -0.1) is 0 Å². The summed E-state index contributed by atoms with van der Waals surface area (Å²) in [7, 11) is 16.5. The van der Waals surface area contributed by atoms with Crippen LogP contribution in [-0.4, -0.2) is 163 Å². The van der Waals surface area contributed by atoms with Gasteiger partial charge in [-0.2, -0.15) is 10.5 Å². The number of nitriles is 2. The molecule has 15 rings (SSSR count). The Balaban J connectivity index is 0.000000139. The number of hydrogen-bond donors (Lipinski definition) is 6. The molecule has 3 aliphatic heterocycles. The van der Waals surface area contributed by atoms with Crippen molar-refractivity contribution in [3.63, 3.8) is 0 Å². The Bertz CT molecular complexity index is 4420. The number of nitrogens with zero attached hydrogens (tertiary/aromatic N) is 8. The number of benzene rings is 6. The molecule has 6 heterocycles. The molecule has 9 aromatic rings. The lowest BCUT2D eigenvalue weighted by Gasteiger charge is -2.42. The van der Waals surface area contributed by atoms with Gasteiger partial charge in [0.25, 0.3) is 0 Å². The molecule has 0 radical (unpaired) electrons. The second kappa shape index (κ2) is 29.0. The molecule has 6 aliphatic rings. The van der Waals surface area contributed by atoms with Gasteiger partial charge >= 0.3 is 0 Å². The summed E-state index contributed by atoms with van der Waals surface area (Å²) < 4.78 is 38.5. The summed E-state index contributed by atoms with van der Waals surface area (Å²) in [5.74, 6) is -0.421. The van der Waals surface area contributed by atoms with E-state index in [-0.39, 0.29) is 49.4 Å². The maximum absolute atomic E-state index is 13.0. The number of rotatable bonds is 18. The third-order valence-electron chi connectivity index (χ3n) is 22.7. The molecule has 538 valence electrons. The number of hydrogen-bond acceptors (Lipinski definition) is 20. The first-order chi connectivity index (χ1) is 50.2. The zero-order valence-corrected chi connectivity index (χ0v) is 61.2. The average molecular weight is 1470 g/mol. The number of ether oxygens (including phenoxy) is 6. The van der Waals surface area contributed by atoms with E-state index in [1.165, 1.54) is 0 Å². The summed E-state index contributed by atoms with van der Waals surface area (Å²) >= 11 is 3.54. The van der Waals surface area contributed by atoms with Gasteiger partial charge in [0.1, 0.15) is 51.3 Å². The number of aromatic nitrogens is 3. The van der Waals surface area contributed by atoms with Gasteiger partial charge in [0, 0.05) is 97.2 Å². The third kappa shape index (κ3) is 11.1. The van der Waals surface area contributed by atoms with Crippen LogP contribution in [0.4, 0.5) is 0 Å². The van der Waals surface area contributed by atoms with Crippen molar-refractivity contribution in [2.24, 2.45) is 35.5 Å². The van der Waals surface area contributed by atoms with Gasteiger partial charge in [0.2, 0.25) is 0 Å². The zero-order valence-electron chi connectivity index (χ0n) is 59.6. The van der Waals surface area contributed by atoms with E-state index in [4.69, 9.17) is 28.4 Å². The molecule has 6 N–H and O–H groups in total. The van der Waals surface area contributed by atoms with Crippen LogP contribution in [0.5, 0.6) is 34.5 Å². The van der Waals surface area contributed by atoms with Crippen LogP contribution in [-0.2, 0) is 33.6 Å². The van der Waals surface area contributed by atoms with Crippen LogP contribution in [0.2, 0.25) is 0 Å². The van der Waals surface area contributed by atoms with Gasteiger partial charge in [0.05, 0.1) is 98.5 Å². The van der Waals surface area contributed by atoms with Crippen LogP contribution in [0.25, 0.3) is 0 Å². The topological polar surface area (TPSA) is 273 Å². The molecule has 21 heteroatoms. The molecular formula is C83H87BrN8O12. The minimum Gasteiger partial charge on any atom is -0.495 e. The molecule has 0 saturated heterocycles.